The Bertz CT molecular complexity index is 400. The van der Waals surface area contributed by atoms with Crippen molar-refractivity contribution < 1.29 is 4.39 Å². The van der Waals surface area contributed by atoms with E-state index in [2.05, 4.69) is 5.32 Å². The summed E-state index contributed by atoms with van der Waals surface area (Å²) in [6.45, 7) is 0. The molecular formula is C16H23ClFN. The second kappa shape index (κ2) is 7.25. The molecule has 1 atom stereocenters. The fourth-order valence-electron chi connectivity index (χ4n) is 3.14. The van der Waals surface area contributed by atoms with Crippen LogP contribution in [0.4, 0.5) is 4.39 Å². The maximum absolute atomic E-state index is 13.1. The van der Waals surface area contributed by atoms with Gasteiger partial charge in [-0.2, -0.15) is 0 Å². The first-order chi connectivity index (χ1) is 9.20. The van der Waals surface area contributed by atoms with Gasteiger partial charge in [-0.1, -0.05) is 43.4 Å². The van der Waals surface area contributed by atoms with Gasteiger partial charge < -0.3 is 5.32 Å². The van der Waals surface area contributed by atoms with Crippen LogP contribution in [0.2, 0.25) is 5.02 Å². The third-order valence-electron chi connectivity index (χ3n) is 4.29. The third kappa shape index (κ3) is 4.19. The lowest BCUT2D eigenvalue weighted by Crippen LogP contribution is -2.35. The van der Waals surface area contributed by atoms with Gasteiger partial charge in [0.25, 0.3) is 0 Å². The first-order valence-corrected chi connectivity index (χ1v) is 7.69. The summed E-state index contributed by atoms with van der Waals surface area (Å²) in [4.78, 5) is 0. The highest BCUT2D eigenvalue weighted by Gasteiger charge is 2.22. The summed E-state index contributed by atoms with van der Waals surface area (Å²) in [5.74, 6) is 0.456. The molecule has 3 heteroatoms. The van der Waals surface area contributed by atoms with Crippen LogP contribution in [-0.4, -0.2) is 13.1 Å². The minimum atomic E-state index is -0.260. The SMILES string of the molecule is CNC(Cc1ccc(F)cc1Cl)C1CCCCCC1. The summed E-state index contributed by atoms with van der Waals surface area (Å²) in [7, 11) is 2.02. The Kier molecular flexibility index (Phi) is 5.65. The fraction of sp³-hybridized carbons (Fsp3) is 0.625. The van der Waals surface area contributed by atoms with Crippen LogP contribution in [0.3, 0.4) is 0 Å². The molecule has 2 rings (SSSR count). The normalized spacial score (nSPS) is 19.1. The van der Waals surface area contributed by atoms with Crippen molar-refractivity contribution in [3.63, 3.8) is 0 Å². The molecular weight excluding hydrogens is 261 g/mol. The third-order valence-corrected chi connectivity index (χ3v) is 4.65. The molecule has 1 aliphatic carbocycles. The van der Waals surface area contributed by atoms with Gasteiger partial charge in [-0.3, -0.25) is 0 Å². The van der Waals surface area contributed by atoms with Crippen LogP contribution in [0.1, 0.15) is 44.1 Å². The number of hydrogen-bond acceptors (Lipinski definition) is 1. The number of rotatable bonds is 4. The quantitative estimate of drug-likeness (QED) is 0.798. The summed E-state index contributed by atoms with van der Waals surface area (Å²) >= 11 is 6.13. The molecule has 1 aromatic carbocycles. The summed E-state index contributed by atoms with van der Waals surface area (Å²) < 4.78 is 13.1. The van der Waals surface area contributed by atoms with Crippen molar-refractivity contribution in [2.75, 3.05) is 7.05 Å². The molecule has 1 nitrogen and oxygen atoms in total. The van der Waals surface area contributed by atoms with Crippen LogP contribution in [0.5, 0.6) is 0 Å². The molecule has 1 saturated carbocycles. The van der Waals surface area contributed by atoms with Gasteiger partial charge >= 0.3 is 0 Å². The summed E-state index contributed by atoms with van der Waals surface area (Å²) in [5.41, 5.74) is 1.05. The number of nitrogens with one attached hydrogen (secondary N) is 1. The zero-order valence-electron chi connectivity index (χ0n) is 11.6. The standard InChI is InChI=1S/C16H23ClFN/c1-19-16(12-6-4-2-3-5-7-12)10-13-8-9-14(18)11-15(13)17/h8-9,11-12,16,19H,2-7,10H2,1H3. The van der Waals surface area contributed by atoms with E-state index in [9.17, 15) is 4.39 Å². The Morgan fingerprint density at radius 1 is 1.26 bits per heavy atom. The first-order valence-electron chi connectivity index (χ1n) is 7.32. The number of likely N-dealkylation sites (N-methyl/N-ethyl adjacent to an activating group) is 1. The van der Waals surface area contributed by atoms with Crippen molar-refractivity contribution in [2.45, 2.75) is 51.0 Å². The zero-order valence-corrected chi connectivity index (χ0v) is 12.3. The Balaban J connectivity index is 2.04. The molecule has 1 aromatic rings. The summed E-state index contributed by atoms with van der Waals surface area (Å²) in [5, 5.41) is 3.99. The molecule has 0 aromatic heterocycles. The minimum absolute atomic E-state index is 0.260. The van der Waals surface area contributed by atoms with Gasteiger partial charge in [-0.05, 0) is 49.9 Å². The molecule has 0 saturated heterocycles. The molecule has 0 amide bonds. The molecule has 0 aliphatic heterocycles. The summed E-state index contributed by atoms with van der Waals surface area (Å²) in [6, 6.07) is 5.18. The van der Waals surface area contributed by atoms with Crippen molar-refractivity contribution in [3.8, 4) is 0 Å². The van der Waals surface area contributed by atoms with Gasteiger partial charge in [-0.25, -0.2) is 4.39 Å². The maximum atomic E-state index is 13.1. The fourth-order valence-corrected chi connectivity index (χ4v) is 3.39. The van der Waals surface area contributed by atoms with E-state index in [1.807, 2.05) is 13.1 Å². The highest BCUT2D eigenvalue weighted by molar-refractivity contribution is 6.31. The second-order valence-electron chi connectivity index (χ2n) is 5.59. The van der Waals surface area contributed by atoms with Crippen LogP contribution < -0.4 is 5.32 Å². The highest BCUT2D eigenvalue weighted by atomic mass is 35.5. The predicted molar refractivity (Wildman–Crippen MR) is 79.2 cm³/mol. The van der Waals surface area contributed by atoms with E-state index in [4.69, 9.17) is 11.6 Å². The van der Waals surface area contributed by atoms with Gasteiger partial charge in [0.05, 0.1) is 0 Å². The van der Waals surface area contributed by atoms with E-state index >= 15 is 0 Å². The van der Waals surface area contributed by atoms with Gasteiger partial charge in [0.1, 0.15) is 5.82 Å². The van der Waals surface area contributed by atoms with E-state index in [-0.39, 0.29) is 5.82 Å². The van der Waals surface area contributed by atoms with Gasteiger partial charge in [-0.15, -0.1) is 0 Å². The van der Waals surface area contributed by atoms with E-state index < -0.39 is 0 Å². The van der Waals surface area contributed by atoms with Crippen LogP contribution >= 0.6 is 11.6 Å². The Hall–Kier alpha value is -0.600. The van der Waals surface area contributed by atoms with E-state index in [1.54, 1.807) is 0 Å². The van der Waals surface area contributed by atoms with E-state index in [0.29, 0.717) is 17.0 Å². The van der Waals surface area contributed by atoms with Crippen LogP contribution in [0.15, 0.2) is 18.2 Å². The first kappa shape index (κ1) is 14.8. The van der Waals surface area contributed by atoms with Crippen molar-refractivity contribution in [1.82, 2.24) is 5.32 Å². The van der Waals surface area contributed by atoms with Gasteiger partial charge in [0, 0.05) is 11.1 Å². The molecule has 1 aliphatic rings. The van der Waals surface area contributed by atoms with Crippen molar-refractivity contribution >= 4 is 11.6 Å². The predicted octanol–water partition coefficient (Wildman–Crippen LogP) is 4.58. The van der Waals surface area contributed by atoms with Crippen molar-refractivity contribution in [2.24, 2.45) is 5.92 Å². The molecule has 0 heterocycles. The molecule has 1 fully saturated rings. The lowest BCUT2D eigenvalue weighted by molar-refractivity contribution is 0.332. The average Bonchev–Trinajstić information content (AvgIpc) is 2.67. The molecule has 19 heavy (non-hydrogen) atoms. The second-order valence-corrected chi connectivity index (χ2v) is 5.99. The molecule has 1 N–H and O–H groups in total. The largest absolute Gasteiger partial charge is 0.316 e. The maximum Gasteiger partial charge on any atom is 0.124 e. The van der Waals surface area contributed by atoms with Crippen LogP contribution in [-0.2, 0) is 6.42 Å². The molecule has 1 unspecified atom stereocenters. The smallest absolute Gasteiger partial charge is 0.124 e. The topological polar surface area (TPSA) is 12.0 Å². The minimum Gasteiger partial charge on any atom is -0.316 e. The Labute approximate surface area is 120 Å². The van der Waals surface area contributed by atoms with E-state index in [1.165, 1.54) is 50.7 Å². The van der Waals surface area contributed by atoms with E-state index in [0.717, 1.165) is 12.0 Å². The molecule has 0 radical (unpaired) electrons. The lowest BCUT2D eigenvalue weighted by atomic mass is 9.88. The average molecular weight is 284 g/mol. The van der Waals surface area contributed by atoms with Crippen molar-refractivity contribution in [3.05, 3.63) is 34.6 Å². The Morgan fingerprint density at radius 2 is 1.95 bits per heavy atom. The number of hydrogen-bond donors (Lipinski definition) is 1. The van der Waals surface area contributed by atoms with Gasteiger partial charge in [0.15, 0.2) is 0 Å². The number of benzene rings is 1. The molecule has 0 bridgehead atoms. The summed E-state index contributed by atoms with van der Waals surface area (Å²) in [6.07, 6.45) is 8.88. The molecule has 0 spiro atoms. The van der Waals surface area contributed by atoms with Crippen LogP contribution in [0, 0.1) is 11.7 Å². The number of halogens is 2. The van der Waals surface area contributed by atoms with Gasteiger partial charge in [0.2, 0.25) is 0 Å². The highest BCUT2D eigenvalue weighted by Crippen LogP contribution is 2.28. The Morgan fingerprint density at radius 3 is 2.53 bits per heavy atom. The van der Waals surface area contributed by atoms with Crippen LogP contribution in [0.25, 0.3) is 0 Å². The van der Waals surface area contributed by atoms with Crippen molar-refractivity contribution in [1.29, 1.82) is 0 Å². The zero-order chi connectivity index (χ0) is 13.7. The monoisotopic (exact) mass is 283 g/mol. The lowest BCUT2D eigenvalue weighted by Gasteiger charge is -2.26. The molecule has 106 valence electrons.